The minimum atomic E-state index is 0. The molecule has 0 aliphatic carbocycles. The molecule has 0 atom stereocenters. The summed E-state index contributed by atoms with van der Waals surface area (Å²) >= 11 is 0. The molecule has 0 bridgehead atoms. The van der Waals surface area contributed by atoms with Crippen LogP contribution in [0.25, 0.3) is 0 Å². The van der Waals surface area contributed by atoms with Crippen LogP contribution in [0.4, 0.5) is 0 Å². The van der Waals surface area contributed by atoms with Crippen molar-refractivity contribution >= 4 is 10.1 Å². The summed E-state index contributed by atoms with van der Waals surface area (Å²) in [6.45, 7) is 0. The Morgan fingerprint density at radius 3 is 0.600 bits per heavy atom. The van der Waals surface area contributed by atoms with Gasteiger partial charge in [0.2, 0.25) is 0 Å². The zero-order chi connectivity index (χ0) is 0. The molecule has 5 heavy (non-hydrogen) atoms. The van der Waals surface area contributed by atoms with Crippen LogP contribution in [-0.4, -0.2) is 10.1 Å². The quantitative estimate of drug-likeness (QED) is 0.258. The Kier molecular flexibility index (Phi) is 2690. The average molecular weight is 89.0 g/mol. The van der Waals surface area contributed by atoms with Crippen LogP contribution in [-0.2, 0) is 0 Å². The van der Waals surface area contributed by atoms with Gasteiger partial charge in [-0.25, -0.2) is 0 Å². The van der Waals surface area contributed by atoms with Gasteiger partial charge in [-0.05, 0) is 0 Å². The third-order valence-corrected chi connectivity index (χ3v) is 0. The summed E-state index contributed by atoms with van der Waals surface area (Å²) in [5.74, 6) is 0. The van der Waals surface area contributed by atoms with Crippen molar-refractivity contribution in [1.82, 2.24) is 0 Å². The van der Waals surface area contributed by atoms with Crippen molar-refractivity contribution in [2.45, 2.75) is 0 Å². The monoisotopic (exact) mass is 89.0 g/mol. The SMILES string of the molecule is [Be+2].[F-].[F-].[F-].[Na+]. The van der Waals surface area contributed by atoms with Crippen molar-refractivity contribution in [3.63, 3.8) is 0 Å². The fraction of sp³-hybridized carbons (Fsp3) is 0. The van der Waals surface area contributed by atoms with Crippen molar-refractivity contribution in [1.29, 1.82) is 0 Å². The van der Waals surface area contributed by atoms with Gasteiger partial charge in [-0.15, -0.1) is 0 Å². The number of rotatable bonds is 0. The molecule has 0 rings (SSSR count). The minimum Gasteiger partial charge on any atom is -1.00 e. The van der Waals surface area contributed by atoms with Crippen molar-refractivity contribution in [3.05, 3.63) is 0 Å². The molecule has 0 radical (unpaired) electrons. The number of hydrogen-bond acceptors (Lipinski definition) is 0. The molecule has 5 heteroatoms. The zero-order valence-corrected chi connectivity index (χ0v) is 4.84. The summed E-state index contributed by atoms with van der Waals surface area (Å²) in [5, 5.41) is 0. The largest absolute Gasteiger partial charge is 2.00 e. The van der Waals surface area contributed by atoms with E-state index in [2.05, 4.69) is 0 Å². The molecular weight excluding hydrogens is 89.0 g/mol. The molecule has 0 aromatic rings. The third-order valence-electron chi connectivity index (χ3n) is 0. The molecule has 0 N–H and O–H groups in total. The molecule has 0 amide bonds. The average Bonchev–Trinajstić information content (AvgIpc) is 0. The Labute approximate surface area is 53.9 Å². The zero-order valence-electron chi connectivity index (χ0n) is 2.84. The molecule has 0 saturated carbocycles. The second kappa shape index (κ2) is 84.5. The van der Waals surface area contributed by atoms with Gasteiger partial charge < -0.3 is 14.1 Å². The summed E-state index contributed by atoms with van der Waals surface area (Å²) in [7, 11) is 0. The van der Waals surface area contributed by atoms with Crippen LogP contribution in [0.3, 0.4) is 0 Å². The summed E-state index contributed by atoms with van der Waals surface area (Å²) < 4.78 is 0. The first-order chi connectivity index (χ1) is 0. The van der Waals surface area contributed by atoms with Crippen LogP contribution in [0, 0.1) is 0 Å². The van der Waals surface area contributed by atoms with Gasteiger partial charge in [-0.2, -0.15) is 0 Å². The molecule has 0 heterocycles. The van der Waals surface area contributed by atoms with E-state index in [-0.39, 0.29) is 53.8 Å². The Morgan fingerprint density at radius 1 is 0.600 bits per heavy atom. The van der Waals surface area contributed by atoms with Crippen molar-refractivity contribution in [2.24, 2.45) is 0 Å². The normalized spacial score (nSPS) is 0. The smallest absolute Gasteiger partial charge is 1.00 e. The molecule has 24 valence electrons. The van der Waals surface area contributed by atoms with E-state index >= 15 is 0 Å². The Morgan fingerprint density at radius 2 is 0.600 bits per heavy atom. The maximum Gasteiger partial charge on any atom is 2.00 e. The molecule has 0 aromatic heterocycles. The van der Waals surface area contributed by atoms with Crippen LogP contribution in [0.1, 0.15) is 0 Å². The molecule has 0 unspecified atom stereocenters. The van der Waals surface area contributed by atoms with Crippen LogP contribution in [0.15, 0.2) is 0 Å². The van der Waals surface area contributed by atoms with Crippen molar-refractivity contribution < 1.29 is 43.7 Å². The Balaban J connectivity index is 0. The van der Waals surface area contributed by atoms with Crippen LogP contribution >= 0.6 is 0 Å². The van der Waals surface area contributed by atoms with Crippen LogP contribution in [0.5, 0.6) is 0 Å². The van der Waals surface area contributed by atoms with E-state index in [0.717, 1.165) is 0 Å². The number of hydrogen-bond donors (Lipinski definition) is 0. The van der Waals surface area contributed by atoms with Gasteiger partial charge >= 0.3 is 39.7 Å². The fourth-order valence-corrected chi connectivity index (χ4v) is 0. The maximum absolute atomic E-state index is 0. The molecular formula is BeF3Na. The Bertz CT molecular complexity index is 6.85. The summed E-state index contributed by atoms with van der Waals surface area (Å²) in [6, 6.07) is 0. The van der Waals surface area contributed by atoms with Gasteiger partial charge in [0, 0.05) is 0 Å². The maximum atomic E-state index is 0. The van der Waals surface area contributed by atoms with E-state index in [0.29, 0.717) is 0 Å². The van der Waals surface area contributed by atoms with Gasteiger partial charge in [0.05, 0.1) is 0 Å². The van der Waals surface area contributed by atoms with Gasteiger partial charge in [0.25, 0.3) is 0 Å². The van der Waals surface area contributed by atoms with Crippen molar-refractivity contribution in [3.8, 4) is 0 Å². The molecule has 0 spiro atoms. The second-order valence-corrected chi connectivity index (χ2v) is 0. The van der Waals surface area contributed by atoms with Gasteiger partial charge in [0.1, 0.15) is 0 Å². The van der Waals surface area contributed by atoms with E-state index < -0.39 is 0 Å². The van der Waals surface area contributed by atoms with Crippen LogP contribution < -0.4 is 43.7 Å². The standard InChI is InChI=1S/Be.3FH.Na/h;3*1H;/q+2;;;;+1/p-3. The molecule has 0 fully saturated rings. The summed E-state index contributed by atoms with van der Waals surface area (Å²) in [6.07, 6.45) is 0. The van der Waals surface area contributed by atoms with E-state index in [9.17, 15) is 0 Å². The van der Waals surface area contributed by atoms with E-state index in [4.69, 9.17) is 0 Å². The predicted molar refractivity (Wildman–Crippen MR) is 5.75 cm³/mol. The topological polar surface area (TPSA) is 0 Å². The van der Waals surface area contributed by atoms with Gasteiger partial charge in [-0.1, -0.05) is 0 Å². The second-order valence-electron chi connectivity index (χ2n) is 0. The number of halogens is 3. The summed E-state index contributed by atoms with van der Waals surface area (Å²) in [4.78, 5) is 0. The molecule has 0 aliphatic heterocycles. The van der Waals surface area contributed by atoms with Gasteiger partial charge in [-0.3, -0.25) is 0 Å². The van der Waals surface area contributed by atoms with E-state index in [1.165, 1.54) is 0 Å². The first-order valence-electron chi connectivity index (χ1n) is 0. The fourth-order valence-electron chi connectivity index (χ4n) is 0. The van der Waals surface area contributed by atoms with E-state index in [1.807, 2.05) is 0 Å². The Hall–Kier alpha value is 0.959. The third kappa shape index (κ3) is 47.2. The van der Waals surface area contributed by atoms with E-state index in [1.54, 1.807) is 0 Å². The summed E-state index contributed by atoms with van der Waals surface area (Å²) in [5.41, 5.74) is 0. The minimum absolute atomic E-state index is 0. The first-order valence-corrected chi connectivity index (χ1v) is 0. The molecule has 0 aliphatic rings. The molecule has 0 nitrogen and oxygen atoms in total. The van der Waals surface area contributed by atoms with Gasteiger partial charge in [0.15, 0.2) is 0 Å². The molecule has 0 saturated heterocycles. The van der Waals surface area contributed by atoms with Crippen LogP contribution in [0.2, 0.25) is 0 Å². The van der Waals surface area contributed by atoms with Crippen molar-refractivity contribution in [2.75, 3.05) is 0 Å². The first kappa shape index (κ1) is 159. The molecule has 0 aromatic carbocycles. The predicted octanol–water partition coefficient (Wildman–Crippen LogP) is -12.4.